The third-order valence-electron chi connectivity index (χ3n) is 2.92. The SMILES string of the molecule is COc1cc(S(=O)(=O)c2ccc(O)c(OC)c2)ccc1O. The molecule has 6 nitrogen and oxygen atoms in total. The Labute approximate surface area is 122 Å². The van der Waals surface area contributed by atoms with E-state index >= 15 is 0 Å². The normalized spacial score (nSPS) is 11.1. The van der Waals surface area contributed by atoms with Gasteiger partial charge < -0.3 is 19.7 Å². The van der Waals surface area contributed by atoms with Gasteiger partial charge in [-0.1, -0.05) is 0 Å². The molecule has 0 spiro atoms. The first-order valence-corrected chi connectivity index (χ1v) is 7.37. The Morgan fingerprint density at radius 2 is 1.19 bits per heavy atom. The number of ether oxygens (including phenoxy) is 2. The minimum atomic E-state index is -3.82. The van der Waals surface area contributed by atoms with Crippen molar-refractivity contribution < 1.29 is 28.1 Å². The average molecular weight is 310 g/mol. The lowest BCUT2D eigenvalue weighted by atomic mass is 10.3. The van der Waals surface area contributed by atoms with E-state index in [1.165, 1.54) is 50.6 Å². The van der Waals surface area contributed by atoms with Gasteiger partial charge in [-0.3, -0.25) is 0 Å². The Balaban J connectivity index is 2.56. The molecule has 112 valence electrons. The number of hydrogen-bond acceptors (Lipinski definition) is 6. The van der Waals surface area contributed by atoms with Crippen molar-refractivity contribution >= 4 is 9.84 Å². The van der Waals surface area contributed by atoms with E-state index in [0.29, 0.717) is 0 Å². The smallest absolute Gasteiger partial charge is 0.206 e. The zero-order valence-electron chi connectivity index (χ0n) is 11.4. The highest BCUT2D eigenvalue weighted by molar-refractivity contribution is 7.91. The molecule has 0 saturated carbocycles. The van der Waals surface area contributed by atoms with Crippen molar-refractivity contribution in [2.75, 3.05) is 14.2 Å². The van der Waals surface area contributed by atoms with Crippen molar-refractivity contribution in [2.24, 2.45) is 0 Å². The number of phenolic OH excluding ortho intramolecular Hbond substituents is 2. The van der Waals surface area contributed by atoms with Gasteiger partial charge in [-0.15, -0.1) is 0 Å². The van der Waals surface area contributed by atoms with Crippen LogP contribution < -0.4 is 9.47 Å². The van der Waals surface area contributed by atoms with Gasteiger partial charge in [0.25, 0.3) is 0 Å². The Kier molecular flexibility index (Phi) is 3.95. The molecule has 0 saturated heterocycles. The average Bonchev–Trinajstić information content (AvgIpc) is 2.47. The minimum Gasteiger partial charge on any atom is -0.504 e. The quantitative estimate of drug-likeness (QED) is 0.896. The second-order valence-electron chi connectivity index (χ2n) is 4.17. The number of hydrogen-bond donors (Lipinski definition) is 2. The van der Waals surface area contributed by atoms with E-state index < -0.39 is 9.84 Å². The van der Waals surface area contributed by atoms with Gasteiger partial charge in [0.2, 0.25) is 9.84 Å². The fraction of sp³-hybridized carbons (Fsp3) is 0.143. The van der Waals surface area contributed by atoms with Crippen molar-refractivity contribution in [3.63, 3.8) is 0 Å². The van der Waals surface area contributed by atoms with Crippen LogP contribution in [0.1, 0.15) is 0 Å². The zero-order chi connectivity index (χ0) is 15.6. The highest BCUT2D eigenvalue weighted by Crippen LogP contribution is 2.34. The monoisotopic (exact) mass is 310 g/mol. The largest absolute Gasteiger partial charge is 0.504 e. The molecule has 0 heterocycles. The number of sulfone groups is 1. The van der Waals surface area contributed by atoms with Crippen LogP contribution in [-0.4, -0.2) is 32.9 Å². The Morgan fingerprint density at radius 3 is 1.52 bits per heavy atom. The lowest BCUT2D eigenvalue weighted by molar-refractivity contribution is 0.371. The van der Waals surface area contributed by atoms with Crippen LogP contribution >= 0.6 is 0 Å². The van der Waals surface area contributed by atoms with Crippen molar-refractivity contribution in [2.45, 2.75) is 9.79 Å². The molecule has 0 radical (unpaired) electrons. The Bertz CT molecular complexity index is 708. The molecule has 0 unspecified atom stereocenters. The van der Waals surface area contributed by atoms with E-state index in [-0.39, 0.29) is 32.8 Å². The maximum atomic E-state index is 12.5. The minimum absolute atomic E-state index is 0.0371. The van der Waals surface area contributed by atoms with Gasteiger partial charge in [-0.05, 0) is 24.3 Å². The molecule has 21 heavy (non-hydrogen) atoms. The van der Waals surface area contributed by atoms with Gasteiger partial charge in [-0.25, -0.2) is 8.42 Å². The van der Waals surface area contributed by atoms with Crippen LogP contribution in [0, 0.1) is 0 Å². The highest BCUT2D eigenvalue weighted by Gasteiger charge is 2.21. The van der Waals surface area contributed by atoms with Crippen LogP contribution in [0.3, 0.4) is 0 Å². The Morgan fingerprint density at radius 1 is 0.810 bits per heavy atom. The van der Waals surface area contributed by atoms with E-state index in [4.69, 9.17) is 9.47 Å². The second-order valence-corrected chi connectivity index (χ2v) is 6.12. The van der Waals surface area contributed by atoms with Gasteiger partial charge >= 0.3 is 0 Å². The Hall–Kier alpha value is -2.41. The molecule has 0 amide bonds. The van der Waals surface area contributed by atoms with E-state index in [1.54, 1.807) is 0 Å². The second kappa shape index (κ2) is 5.53. The van der Waals surface area contributed by atoms with Crippen molar-refractivity contribution in [3.05, 3.63) is 36.4 Å². The number of benzene rings is 2. The van der Waals surface area contributed by atoms with Crippen LogP contribution in [-0.2, 0) is 9.84 Å². The molecular formula is C14H14O6S. The van der Waals surface area contributed by atoms with Crippen molar-refractivity contribution in [1.29, 1.82) is 0 Å². The zero-order valence-corrected chi connectivity index (χ0v) is 12.2. The van der Waals surface area contributed by atoms with Crippen LogP contribution in [0.25, 0.3) is 0 Å². The molecule has 0 bridgehead atoms. The molecule has 0 atom stereocenters. The molecule has 7 heteroatoms. The van der Waals surface area contributed by atoms with Crippen molar-refractivity contribution in [1.82, 2.24) is 0 Å². The first kappa shape index (κ1) is 15.0. The molecular weight excluding hydrogens is 296 g/mol. The molecule has 2 aromatic rings. The fourth-order valence-corrected chi connectivity index (χ4v) is 3.08. The van der Waals surface area contributed by atoms with E-state index in [9.17, 15) is 18.6 Å². The summed E-state index contributed by atoms with van der Waals surface area (Å²) in [5, 5.41) is 19.0. The van der Waals surface area contributed by atoms with Gasteiger partial charge in [0.05, 0.1) is 24.0 Å². The molecule has 0 aliphatic heterocycles. The van der Waals surface area contributed by atoms with Gasteiger partial charge in [0.1, 0.15) is 0 Å². The van der Waals surface area contributed by atoms with E-state index in [2.05, 4.69) is 0 Å². The maximum Gasteiger partial charge on any atom is 0.206 e. The third kappa shape index (κ3) is 2.73. The number of methoxy groups -OCH3 is 2. The van der Waals surface area contributed by atoms with Crippen LogP contribution in [0.5, 0.6) is 23.0 Å². The number of aromatic hydroxyl groups is 2. The van der Waals surface area contributed by atoms with Crippen LogP contribution in [0.2, 0.25) is 0 Å². The van der Waals surface area contributed by atoms with Crippen LogP contribution in [0.4, 0.5) is 0 Å². The van der Waals surface area contributed by atoms with Gasteiger partial charge in [-0.2, -0.15) is 0 Å². The predicted octanol–water partition coefficient (Wildman–Crippen LogP) is 1.95. The van der Waals surface area contributed by atoms with E-state index in [1.807, 2.05) is 0 Å². The summed E-state index contributed by atoms with van der Waals surface area (Å²) in [5.41, 5.74) is 0. The third-order valence-corrected chi connectivity index (χ3v) is 4.67. The maximum absolute atomic E-state index is 12.5. The summed E-state index contributed by atoms with van der Waals surface area (Å²) in [7, 11) is -1.16. The predicted molar refractivity (Wildman–Crippen MR) is 74.8 cm³/mol. The molecule has 0 aliphatic carbocycles. The van der Waals surface area contributed by atoms with Crippen molar-refractivity contribution in [3.8, 4) is 23.0 Å². The molecule has 0 aromatic heterocycles. The van der Waals surface area contributed by atoms with Gasteiger partial charge in [0, 0.05) is 12.1 Å². The molecule has 0 aliphatic rings. The van der Waals surface area contributed by atoms with Crippen LogP contribution in [0.15, 0.2) is 46.2 Å². The molecule has 2 rings (SSSR count). The van der Waals surface area contributed by atoms with E-state index in [0.717, 1.165) is 0 Å². The summed E-state index contributed by atoms with van der Waals surface area (Å²) in [6, 6.07) is 7.47. The molecule has 2 aromatic carbocycles. The standard InChI is InChI=1S/C14H14O6S/c1-19-13-7-9(3-5-11(13)15)21(17,18)10-4-6-12(16)14(8-10)20-2/h3-8,15-16H,1-2H3. The summed E-state index contributed by atoms with van der Waals surface area (Å²) in [6.07, 6.45) is 0. The number of phenols is 2. The molecule has 0 fully saturated rings. The summed E-state index contributed by atoms with van der Waals surface area (Å²) in [4.78, 5) is -0.0743. The summed E-state index contributed by atoms with van der Waals surface area (Å²) < 4.78 is 34.8. The fourth-order valence-electron chi connectivity index (χ4n) is 1.79. The summed E-state index contributed by atoms with van der Waals surface area (Å²) >= 11 is 0. The lowest BCUT2D eigenvalue weighted by Crippen LogP contribution is -2.03. The van der Waals surface area contributed by atoms with Gasteiger partial charge in [0.15, 0.2) is 23.0 Å². The number of rotatable bonds is 4. The lowest BCUT2D eigenvalue weighted by Gasteiger charge is -2.10. The summed E-state index contributed by atoms with van der Waals surface area (Å²) in [6.45, 7) is 0. The molecule has 2 N–H and O–H groups in total. The first-order valence-electron chi connectivity index (χ1n) is 5.89. The topological polar surface area (TPSA) is 93.1 Å². The first-order chi connectivity index (χ1) is 9.90. The highest BCUT2D eigenvalue weighted by atomic mass is 32.2. The summed E-state index contributed by atoms with van der Waals surface area (Å²) in [5.74, 6) is -0.192.